The molecule has 0 saturated heterocycles. The van der Waals surface area contributed by atoms with Crippen LogP contribution < -0.4 is 0 Å². The molecule has 1 amide bonds. The number of nitrogens with zero attached hydrogens (tertiary/aromatic N) is 2. The van der Waals surface area contributed by atoms with Gasteiger partial charge in [0, 0.05) is 24.2 Å². The zero-order valence-electron chi connectivity index (χ0n) is 10.6. The number of aliphatic carboxylic acids is 1. The minimum absolute atomic E-state index is 0.120. The summed E-state index contributed by atoms with van der Waals surface area (Å²) < 4.78 is 0. The Bertz CT molecular complexity index is 527. The van der Waals surface area contributed by atoms with Crippen molar-refractivity contribution in [3.05, 3.63) is 39.4 Å². The normalized spacial score (nSPS) is 10.0. The summed E-state index contributed by atoms with van der Waals surface area (Å²) >= 11 is 0. The summed E-state index contributed by atoms with van der Waals surface area (Å²) in [5.41, 5.74) is 0.508. The number of rotatable bonds is 5. The fourth-order valence-corrected chi connectivity index (χ4v) is 1.66. The highest BCUT2D eigenvalue weighted by atomic mass is 16.6. The zero-order chi connectivity index (χ0) is 14.6. The SMILES string of the molecule is CCN(CC(=O)O)C(=O)c1cc(C)cc([N+](=O)[O-])c1. The van der Waals surface area contributed by atoms with Gasteiger partial charge in [-0.2, -0.15) is 0 Å². The predicted molar refractivity (Wildman–Crippen MR) is 67.0 cm³/mol. The first-order valence-electron chi connectivity index (χ1n) is 5.62. The Morgan fingerprint density at radius 2 is 2.00 bits per heavy atom. The van der Waals surface area contributed by atoms with Crippen LogP contribution >= 0.6 is 0 Å². The van der Waals surface area contributed by atoms with E-state index >= 15 is 0 Å². The van der Waals surface area contributed by atoms with Gasteiger partial charge in [0.05, 0.1) is 4.92 Å². The maximum absolute atomic E-state index is 12.1. The molecular formula is C12H14N2O5. The molecule has 0 spiro atoms. The van der Waals surface area contributed by atoms with E-state index in [2.05, 4.69) is 0 Å². The summed E-state index contributed by atoms with van der Waals surface area (Å²) in [5.74, 6) is -1.66. The molecule has 0 saturated carbocycles. The molecule has 0 atom stereocenters. The van der Waals surface area contributed by atoms with Gasteiger partial charge >= 0.3 is 5.97 Å². The summed E-state index contributed by atoms with van der Waals surface area (Å²) in [6.07, 6.45) is 0. The van der Waals surface area contributed by atoms with Gasteiger partial charge in [0.1, 0.15) is 6.54 Å². The van der Waals surface area contributed by atoms with Gasteiger partial charge in [0.15, 0.2) is 0 Å². The van der Waals surface area contributed by atoms with E-state index < -0.39 is 23.3 Å². The number of carbonyl (C=O) groups is 2. The largest absolute Gasteiger partial charge is 0.480 e. The van der Waals surface area contributed by atoms with Crippen molar-refractivity contribution in [2.45, 2.75) is 13.8 Å². The third-order valence-electron chi connectivity index (χ3n) is 2.51. The Hall–Kier alpha value is -2.44. The van der Waals surface area contributed by atoms with E-state index in [9.17, 15) is 19.7 Å². The lowest BCUT2D eigenvalue weighted by atomic mass is 10.1. The number of non-ortho nitro benzene ring substituents is 1. The predicted octanol–water partition coefficient (Wildman–Crippen LogP) is 1.45. The van der Waals surface area contributed by atoms with Crippen LogP contribution in [-0.4, -0.2) is 39.9 Å². The van der Waals surface area contributed by atoms with Gasteiger partial charge < -0.3 is 10.0 Å². The summed E-state index contributed by atoms with van der Waals surface area (Å²) in [6, 6.07) is 4.00. The van der Waals surface area contributed by atoms with Crippen molar-refractivity contribution < 1.29 is 19.6 Å². The van der Waals surface area contributed by atoms with Gasteiger partial charge in [-0.3, -0.25) is 19.7 Å². The Morgan fingerprint density at radius 3 is 2.47 bits per heavy atom. The summed E-state index contributed by atoms with van der Waals surface area (Å²) in [4.78, 5) is 34.0. The molecule has 7 nitrogen and oxygen atoms in total. The number of carboxylic acid groups (broad SMARTS) is 1. The van der Waals surface area contributed by atoms with Gasteiger partial charge in [-0.05, 0) is 25.5 Å². The van der Waals surface area contributed by atoms with Crippen molar-refractivity contribution in [2.75, 3.05) is 13.1 Å². The van der Waals surface area contributed by atoms with Gasteiger partial charge in [0.2, 0.25) is 0 Å². The van der Waals surface area contributed by atoms with Crippen molar-refractivity contribution in [3.8, 4) is 0 Å². The molecule has 0 aliphatic heterocycles. The first-order chi connectivity index (χ1) is 8.85. The van der Waals surface area contributed by atoms with Crippen LogP contribution in [0.15, 0.2) is 18.2 Å². The molecule has 0 bridgehead atoms. The molecule has 0 aliphatic carbocycles. The molecule has 0 aliphatic rings. The third kappa shape index (κ3) is 3.77. The number of nitro benzene ring substituents is 1. The van der Waals surface area contributed by atoms with Gasteiger partial charge in [-0.15, -0.1) is 0 Å². The molecule has 19 heavy (non-hydrogen) atoms. The Kier molecular flexibility index (Phi) is 4.57. The van der Waals surface area contributed by atoms with Crippen molar-refractivity contribution in [1.82, 2.24) is 4.90 Å². The molecular weight excluding hydrogens is 252 g/mol. The number of carboxylic acids is 1. The van der Waals surface area contributed by atoms with Crippen molar-refractivity contribution >= 4 is 17.6 Å². The summed E-state index contributed by atoms with van der Waals surface area (Å²) in [7, 11) is 0. The van der Waals surface area contributed by atoms with E-state index in [0.29, 0.717) is 5.56 Å². The van der Waals surface area contributed by atoms with Crippen LogP contribution in [-0.2, 0) is 4.79 Å². The van der Waals surface area contributed by atoms with E-state index in [1.807, 2.05) is 0 Å². The zero-order valence-corrected chi connectivity index (χ0v) is 10.6. The number of amides is 1. The summed E-state index contributed by atoms with van der Waals surface area (Å²) in [6.45, 7) is 3.06. The molecule has 1 aromatic carbocycles. The second-order valence-electron chi connectivity index (χ2n) is 4.03. The van der Waals surface area contributed by atoms with Crippen molar-refractivity contribution in [2.24, 2.45) is 0 Å². The molecule has 0 radical (unpaired) electrons. The van der Waals surface area contributed by atoms with E-state index in [-0.39, 0.29) is 17.8 Å². The van der Waals surface area contributed by atoms with Crippen LogP contribution in [0.3, 0.4) is 0 Å². The number of hydrogen-bond donors (Lipinski definition) is 1. The number of hydrogen-bond acceptors (Lipinski definition) is 4. The van der Waals surface area contributed by atoms with Gasteiger partial charge in [-0.1, -0.05) is 0 Å². The third-order valence-corrected chi connectivity index (χ3v) is 2.51. The first kappa shape index (κ1) is 14.6. The van der Waals surface area contributed by atoms with Crippen molar-refractivity contribution in [1.29, 1.82) is 0 Å². The molecule has 1 aromatic rings. The quantitative estimate of drug-likeness (QED) is 0.642. The van der Waals surface area contributed by atoms with Crippen molar-refractivity contribution in [3.63, 3.8) is 0 Å². The average molecular weight is 266 g/mol. The maximum atomic E-state index is 12.1. The standard InChI is InChI=1S/C12H14N2O5/c1-3-13(7-11(15)16)12(17)9-4-8(2)5-10(6-9)14(18)19/h4-6H,3,7H2,1-2H3,(H,15,16). The Labute approximate surface area is 109 Å². The highest BCUT2D eigenvalue weighted by Gasteiger charge is 2.19. The number of likely N-dealkylation sites (N-methyl/N-ethyl adjacent to an activating group) is 1. The number of nitro groups is 1. The van der Waals surface area contributed by atoms with E-state index in [4.69, 9.17) is 5.11 Å². The monoisotopic (exact) mass is 266 g/mol. The number of aryl methyl sites for hydroxylation is 1. The highest BCUT2D eigenvalue weighted by Crippen LogP contribution is 2.18. The average Bonchev–Trinajstić information content (AvgIpc) is 2.34. The van der Waals surface area contributed by atoms with Crippen LogP contribution in [0, 0.1) is 17.0 Å². The minimum Gasteiger partial charge on any atom is -0.480 e. The van der Waals surface area contributed by atoms with E-state index in [1.165, 1.54) is 12.1 Å². The number of carbonyl (C=O) groups excluding carboxylic acids is 1. The number of benzene rings is 1. The smallest absolute Gasteiger partial charge is 0.323 e. The molecule has 7 heteroatoms. The lowest BCUT2D eigenvalue weighted by Crippen LogP contribution is -2.35. The van der Waals surface area contributed by atoms with Gasteiger partial charge in [0.25, 0.3) is 11.6 Å². The fourth-order valence-electron chi connectivity index (χ4n) is 1.66. The van der Waals surface area contributed by atoms with Crippen LogP contribution in [0.2, 0.25) is 0 Å². The first-order valence-corrected chi connectivity index (χ1v) is 5.62. The van der Waals surface area contributed by atoms with E-state index in [1.54, 1.807) is 13.8 Å². The highest BCUT2D eigenvalue weighted by molar-refractivity contribution is 5.96. The van der Waals surface area contributed by atoms with Crippen LogP contribution in [0.25, 0.3) is 0 Å². The summed E-state index contributed by atoms with van der Waals surface area (Å²) in [5, 5.41) is 19.4. The lowest BCUT2D eigenvalue weighted by molar-refractivity contribution is -0.384. The molecule has 0 heterocycles. The van der Waals surface area contributed by atoms with Crippen LogP contribution in [0.1, 0.15) is 22.8 Å². The molecule has 1 N–H and O–H groups in total. The second-order valence-corrected chi connectivity index (χ2v) is 4.03. The van der Waals surface area contributed by atoms with Crippen LogP contribution in [0.5, 0.6) is 0 Å². The topological polar surface area (TPSA) is 101 Å². The second kappa shape index (κ2) is 5.94. The molecule has 0 unspecified atom stereocenters. The minimum atomic E-state index is -1.13. The molecule has 102 valence electrons. The van der Waals surface area contributed by atoms with E-state index in [0.717, 1.165) is 11.0 Å². The molecule has 0 fully saturated rings. The van der Waals surface area contributed by atoms with Gasteiger partial charge in [-0.25, -0.2) is 0 Å². The van der Waals surface area contributed by atoms with Crippen LogP contribution in [0.4, 0.5) is 5.69 Å². The Morgan fingerprint density at radius 1 is 1.37 bits per heavy atom. The molecule has 1 rings (SSSR count). The molecule has 0 aromatic heterocycles. The fraction of sp³-hybridized carbons (Fsp3) is 0.333. The Balaban J connectivity index is 3.10. The maximum Gasteiger partial charge on any atom is 0.323 e. The lowest BCUT2D eigenvalue weighted by Gasteiger charge is -2.18.